The monoisotopic (exact) mass is 224 g/mol. The van der Waals surface area contributed by atoms with Crippen molar-refractivity contribution in [1.29, 1.82) is 0 Å². The number of nitrogens with zero attached hydrogens (tertiary/aromatic N) is 1. The van der Waals surface area contributed by atoms with Gasteiger partial charge in [0.15, 0.2) is 0 Å². The summed E-state index contributed by atoms with van der Waals surface area (Å²) in [6.45, 7) is 8.63. The van der Waals surface area contributed by atoms with Gasteiger partial charge in [-0.1, -0.05) is 26.7 Å². The molecular formula is C14H28N2. The van der Waals surface area contributed by atoms with E-state index >= 15 is 0 Å². The molecule has 2 rings (SSSR count). The molecule has 94 valence electrons. The smallest absolute Gasteiger partial charge is 0.00948 e. The van der Waals surface area contributed by atoms with Crippen LogP contribution in [0.25, 0.3) is 0 Å². The molecule has 1 N–H and O–H groups in total. The van der Waals surface area contributed by atoms with E-state index in [1.54, 1.807) is 0 Å². The van der Waals surface area contributed by atoms with Gasteiger partial charge in [0.2, 0.25) is 0 Å². The highest BCUT2D eigenvalue weighted by atomic mass is 15.1. The highest BCUT2D eigenvalue weighted by molar-refractivity contribution is 4.83. The Labute approximate surface area is 101 Å². The molecule has 0 aromatic rings. The van der Waals surface area contributed by atoms with E-state index in [4.69, 9.17) is 0 Å². The van der Waals surface area contributed by atoms with Crippen molar-refractivity contribution in [3.05, 3.63) is 0 Å². The summed E-state index contributed by atoms with van der Waals surface area (Å²) in [5, 5.41) is 3.38. The summed E-state index contributed by atoms with van der Waals surface area (Å²) in [5.41, 5.74) is 0. The Bertz CT molecular complexity index is 213. The lowest BCUT2D eigenvalue weighted by molar-refractivity contribution is 0.117. The lowest BCUT2D eigenvalue weighted by Crippen LogP contribution is -2.49. The number of hydrogen-bond acceptors (Lipinski definition) is 2. The van der Waals surface area contributed by atoms with E-state index in [1.165, 1.54) is 45.3 Å². The third-order valence-electron chi connectivity index (χ3n) is 4.73. The Morgan fingerprint density at radius 2 is 2.06 bits per heavy atom. The maximum atomic E-state index is 3.38. The van der Waals surface area contributed by atoms with Crippen molar-refractivity contribution in [2.45, 2.75) is 45.6 Å². The van der Waals surface area contributed by atoms with E-state index in [-0.39, 0.29) is 0 Å². The van der Waals surface area contributed by atoms with Crippen LogP contribution < -0.4 is 5.32 Å². The minimum absolute atomic E-state index is 0.860. The molecule has 3 unspecified atom stereocenters. The van der Waals surface area contributed by atoms with Crippen LogP contribution in [0.5, 0.6) is 0 Å². The van der Waals surface area contributed by atoms with Crippen molar-refractivity contribution in [2.24, 2.45) is 17.8 Å². The van der Waals surface area contributed by atoms with Crippen molar-refractivity contribution in [2.75, 3.05) is 26.7 Å². The van der Waals surface area contributed by atoms with Gasteiger partial charge < -0.3 is 10.2 Å². The molecule has 0 aromatic heterocycles. The molecule has 1 aliphatic carbocycles. The van der Waals surface area contributed by atoms with Gasteiger partial charge in [-0.2, -0.15) is 0 Å². The van der Waals surface area contributed by atoms with Crippen LogP contribution in [0, 0.1) is 17.8 Å². The third kappa shape index (κ3) is 2.98. The van der Waals surface area contributed by atoms with E-state index in [2.05, 4.69) is 31.1 Å². The van der Waals surface area contributed by atoms with Gasteiger partial charge in [0.25, 0.3) is 0 Å². The number of hydrogen-bond donors (Lipinski definition) is 1. The average Bonchev–Trinajstić information content (AvgIpc) is 2.14. The Kier molecular flexibility index (Phi) is 4.26. The van der Waals surface area contributed by atoms with Crippen LogP contribution in [0.1, 0.15) is 39.5 Å². The fourth-order valence-corrected chi connectivity index (χ4v) is 3.27. The SMILES string of the molecule is CC1CCCC(N(C)CC(C)C2CNC2)C1. The second-order valence-electron chi connectivity index (χ2n) is 6.26. The zero-order valence-electron chi connectivity index (χ0n) is 11.2. The molecule has 2 heteroatoms. The maximum Gasteiger partial charge on any atom is 0.00948 e. The largest absolute Gasteiger partial charge is 0.316 e. The highest BCUT2D eigenvalue weighted by Gasteiger charge is 2.27. The number of nitrogens with one attached hydrogen (secondary N) is 1. The van der Waals surface area contributed by atoms with Crippen molar-refractivity contribution >= 4 is 0 Å². The predicted molar refractivity (Wildman–Crippen MR) is 69.6 cm³/mol. The van der Waals surface area contributed by atoms with Gasteiger partial charge in [-0.15, -0.1) is 0 Å². The highest BCUT2D eigenvalue weighted by Crippen LogP contribution is 2.28. The van der Waals surface area contributed by atoms with Gasteiger partial charge in [-0.05, 0) is 50.7 Å². The molecule has 2 nitrogen and oxygen atoms in total. The summed E-state index contributed by atoms with van der Waals surface area (Å²) >= 11 is 0. The van der Waals surface area contributed by atoms with Crippen LogP contribution >= 0.6 is 0 Å². The fraction of sp³-hybridized carbons (Fsp3) is 1.00. The molecule has 0 amide bonds. The topological polar surface area (TPSA) is 15.3 Å². The Morgan fingerprint density at radius 1 is 1.31 bits per heavy atom. The molecule has 0 aromatic carbocycles. The van der Waals surface area contributed by atoms with Crippen LogP contribution in [0.4, 0.5) is 0 Å². The minimum atomic E-state index is 0.860. The summed E-state index contributed by atoms with van der Waals surface area (Å²) < 4.78 is 0. The molecule has 1 aliphatic heterocycles. The van der Waals surface area contributed by atoms with Crippen LogP contribution in [0.15, 0.2) is 0 Å². The van der Waals surface area contributed by atoms with Gasteiger partial charge >= 0.3 is 0 Å². The van der Waals surface area contributed by atoms with Crippen LogP contribution in [0.2, 0.25) is 0 Å². The quantitative estimate of drug-likeness (QED) is 0.788. The molecule has 0 spiro atoms. The molecular weight excluding hydrogens is 196 g/mol. The molecule has 2 aliphatic rings. The molecule has 0 bridgehead atoms. The first kappa shape index (κ1) is 12.4. The standard InChI is InChI=1S/C14H28N2/c1-11-5-4-6-14(7-11)16(3)10-12(2)13-8-15-9-13/h11-15H,4-10H2,1-3H3. The van der Waals surface area contributed by atoms with Crippen LogP contribution in [0.3, 0.4) is 0 Å². The molecule has 1 saturated heterocycles. The second-order valence-corrected chi connectivity index (χ2v) is 6.26. The summed E-state index contributed by atoms with van der Waals surface area (Å²) in [5.74, 6) is 2.74. The first-order chi connectivity index (χ1) is 7.66. The third-order valence-corrected chi connectivity index (χ3v) is 4.73. The molecule has 0 radical (unpaired) electrons. The van der Waals surface area contributed by atoms with Gasteiger partial charge in [-0.3, -0.25) is 0 Å². The average molecular weight is 224 g/mol. The first-order valence-corrected chi connectivity index (χ1v) is 7.07. The zero-order chi connectivity index (χ0) is 11.5. The summed E-state index contributed by atoms with van der Waals surface area (Å²) in [6, 6.07) is 0.860. The van der Waals surface area contributed by atoms with E-state index in [0.29, 0.717) is 0 Å². The van der Waals surface area contributed by atoms with Gasteiger partial charge in [0.05, 0.1) is 0 Å². The summed E-state index contributed by atoms with van der Waals surface area (Å²) in [6.07, 6.45) is 5.74. The van der Waals surface area contributed by atoms with E-state index in [0.717, 1.165) is 23.8 Å². The van der Waals surface area contributed by atoms with Gasteiger partial charge in [0.1, 0.15) is 0 Å². The first-order valence-electron chi connectivity index (χ1n) is 7.07. The predicted octanol–water partition coefficient (Wildman–Crippen LogP) is 2.35. The molecule has 16 heavy (non-hydrogen) atoms. The lowest BCUT2D eigenvalue weighted by Gasteiger charge is -2.39. The Hall–Kier alpha value is -0.0800. The van der Waals surface area contributed by atoms with Crippen molar-refractivity contribution in [3.63, 3.8) is 0 Å². The lowest BCUT2D eigenvalue weighted by atomic mass is 9.84. The molecule has 3 atom stereocenters. The molecule has 2 fully saturated rings. The normalized spacial score (nSPS) is 33.8. The summed E-state index contributed by atoms with van der Waals surface area (Å²) in [7, 11) is 2.34. The van der Waals surface area contributed by atoms with Crippen LogP contribution in [-0.4, -0.2) is 37.6 Å². The second kappa shape index (κ2) is 5.50. The summed E-state index contributed by atoms with van der Waals surface area (Å²) in [4.78, 5) is 2.64. The van der Waals surface area contributed by atoms with Gasteiger partial charge in [-0.25, -0.2) is 0 Å². The zero-order valence-corrected chi connectivity index (χ0v) is 11.2. The Balaban J connectivity index is 1.75. The van der Waals surface area contributed by atoms with Gasteiger partial charge in [0, 0.05) is 12.6 Å². The van der Waals surface area contributed by atoms with E-state index in [9.17, 15) is 0 Å². The molecule has 1 saturated carbocycles. The van der Waals surface area contributed by atoms with Crippen molar-refractivity contribution < 1.29 is 0 Å². The fourth-order valence-electron chi connectivity index (χ4n) is 3.27. The minimum Gasteiger partial charge on any atom is -0.316 e. The number of rotatable bonds is 4. The van der Waals surface area contributed by atoms with Crippen molar-refractivity contribution in [3.8, 4) is 0 Å². The van der Waals surface area contributed by atoms with Crippen LogP contribution in [-0.2, 0) is 0 Å². The van der Waals surface area contributed by atoms with Crippen molar-refractivity contribution in [1.82, 2.24) is 10.2 Å². The van der Waals surface area contributed by atoms with E-state index in [1.807, 2.05) is 0 Å². The maximum absolute atomic E-state index is 3.38. The van der Waals surface area contributed by atoms with E-state index < -0.39 is 0 Å². The molecule has 1 heterocycles. The Morgan fingerprint density at radius 3 is 2.62 bits per heavy atom.